The molecular weight excluding hydrogens is 359 g/mol. The quantitative estimate of drug-likeness (QED) is 0.859. The summed E-state index contributed by atoms with van der Waals surface area (Å²) in [6, 6.07) is 9.54. The van der Waals surface area contributed by atoms with Gasteiger partial charge in [0.2, 0.25) is 5.91 Å². The molecular formula is C21H27FN4O2. The van der Waals surface area contributed by atoms with Gasteiger partial charge in [-0.1, -0.05) is 12.1 Å². The zero-order valence-electron chi connectivity index (χ0n) is 16.6. The molecule has 0 saturated heterocycles. The lowest BCUT2D eigenvalue weighted by molar-refractivity contribution is -0.134. The van der Waals surface area contributed by atoms with Crippen molar-refractivity contribution in [3.63, 3.8) is 0 Å². The van der Waals surface area contributed by atoms with Gasteiger partial charge in [0.25, 0.3) is 0 Å². The van der Waals surface area contributed by atoms with E-state index in [1.807, 2.05) is 39.1 Å². The van der Waals surface area contributed by atoms with Gasteiger partial charge >= 0.3 is 6.03 Å². The standard InChI is InChI=1S/C21H27FN4O2/c1-4-23-21(28)26(15(2)3)14-19(27)25-13-12-24-11-5-6-18(24)20(25)16-7-9-17(22)10-8-16/h5-11,15,20H,4,12-14H2,1-3H3,(H,23,28). The van der Waals surface area contributed by atoms with Crippen molar-refractivity contribution in [1.29, 1.82) is 0 Å². The van der Waals surface area contributed by atoms with E-state index in [2.05, 4.69) is 9.88 Å². The second-order valence-corrected chi connectivity index (χ2v) is 7.22. The lowest BCUT2D eigenvalue weighted by Gasteiger charge is -2.39. The number of hydrogen-bond donors (Lipinski definition) is 1. The third-order valence-corrected chi connectivity index (χ3v) is 5.06. The molecule has 0 fully saturated rings. The normalized spacial score (nSPS) is 16.0. The fourth-order valence-corrected chi connectivity index (χ4v) is 3.63. The molecule has 1 atom stereocenters. The van der Waals surface area contributed by atoms with E-state index in [9.17, 15) is 14.0 Å². The minimum atomic E-state index is -0.310. The Morgan fingerprint density at radius 1 is 1.21 bits per heavy atom. The van der Waals surface area contributed by atoms with Gasteiger partial charge in [-0.15, -0.1) is 0 Å². The van der Waals surface area contributed by atoms with Crippen LogP contribution in [0.25, 0.3) is 0 Å². The third kappa shape index (κ3) is 4.03. The number of amides is 3. The average Bonchev–Trinajstić information content (AvgIpc) is 3.14. The molecule has 1 aliphatic heterocycles. The summed E-state index contributed by atoms with van der Waals surface area (Å²) in [6.45, 7) is 7.36. The second-order valence-electron chi connectivity index (χ2n) is 7.22. The van der Waals surface area contributed by atoms with Crippen LogP contribution in [0.15, 0.2) is 42.6 Å². The summed E-state index contributed by atoms with van der Waals surface area (Å²) in [7, 11) is 0. The van der Waals surface area contributed by atoms with Crippen molar-refractivity contribution in [2.45, 2.75) is 39.4 Å². The first kappa shape index (κ1) is 19.9. The first-order valence-electron chi connectivity index (χ1n) is 9.66. The topological polar surface area (TPSA) is 57.6 Å². The van der Waals surface area contributed by atoms with Crippen LogP contribution in [-0.2, 0) is 11.3 Å². The summed E-state index contributed by atoms with van der Waals surface area (Å²) in [5, 5.41) is 2.77. The first-order chi connectivity index (χ1) is 13.4. The van der Waals surface area contributed by atoms with E-state index in [0.717, 1.165) is 11.3 Å². The van der Waals surface area contributed by atoms with Crippen LogP contribution >= 0.6 is 0 Å². The maximum atomic E-state index is 13.4. The van der Waals surface area contributed by atoms with Crippen LogP contribution < -0.4 is 5.32 Å². The highest BCUT2D eigenvalue weighted by Crippen LogP contribution is 2.32. The van der Waals surface area contributed by atoms with Gasteiger partial charge in [-0.05, 0) is 50.6 Å². The minimum absolute atomic E-state index is 0.00189. The molecule has 28 heavy (non-hydrogen) atoms. The molecule has 0 aliphatic carbocycles. The first-order valence-corrected chi connectivity index (χ1v) is 9.66. The number of hydrogen-bond acceptors (Lipinski definition) is 2. The Morgan fingerprint density at radius 2 is 1.93 bits per heavy atom. The number of carbonyl (C=O) groups excluding carboxylic acids is 2. The maximum absolute atomic E-state index is 13.4. The highest BCUT2D eigenvalue weighted by Gasteiger charge is 2.33. The van der Waals surface area contributed by atoms with Crippen molar-refractivity contribution in [3.05, 3.63) is 59.7 Å². The Kier molecular flexibility index (Phi) is 6.02. The van der Waals surface area contributed by atoms with Gasteiger partial charge in [0.1, 0.15) is 12.4 Å². The van der Waals surface area contributed by atoms with E-state index in [1.165, 1.54) is 12.1 Å². The number of nitrogens with zero attached hydrogens (tertiary/aromatic N) is 3. The SMILES string of the molecule is CCNC(=O)N(CC(=O)N1CCn2cccc2C1c1ccc(F)cc1)C(C)C. The van der Waals surface area contributed by atoms with Gasteiger partial charge in [0.15, 0.2) is 0 Å². The van der Waals surface area contributed by atoms with Gasteiger partial charge < -0.3 is 19.7 Å². The Bertz CT molecular complexity index is 831. The molecule has 1 aromatic heterocycles. The summed E-state index contributed by atoms with van der Waals surface area (Å²) in [5.74, 6) is -0.434. The number of halogens is 1. The van der Waals surface area contributed by atoms with E-state index in [4.69, 9.17) is 0 Å². The van der Waals surface area contributed by atoms with Crippen molar-refractivity contribution < 1.29 is 14.0 Å². The van der Waals surface area contributed by atoms with Gasteiger partial charge in [0.05, 0.1) is 6.04 Å². The monoisotopic (exact) mass is 386 g/mol. The van der Waals surface area contributed by atoms with E-state index in [-0.39, 0.29) is 36.4 Å². The number of nitrogens with one attached hydrogen (secondary N) is 1. The van der Waals surface area contributed by atoms with Crippen LogP contribution in [0.3, 0.4) is 0 Å². The van der Waals surface area contributed by atoms with Gasteiger partial charge in [-0.25, -0.2) is 9.18 Å². The van der Waals surface area contributed by atoms with Gasteiger partial charge in [-0.3, -0.25) is 4.79 Å². The molecule has 2 heterocycles. The number of carbonyl (C=O) groups is 2. The molecule has 0 bridgehead atoms. The number of fused-ring (bicyclic) bond motifs is 1. The molecule has 0 saturated carbocycles. The predicted molar refractivity (Wildman–Crippen MR) is 105 cm³/mol. The molecule has 150 valence electrons. The number of benzene rings is 1. The highest BCUT2D eigenvalue weighted by atomic mass is 19.1. The van der Waals surface area contributed by atoms with Crippen LogP contribution in [-0.4, -0.2) is 52.0 Å². The van der Waals surface area contributed by atoms with Crippen molar-refractivity contribution >= 4 is 11.9 Å². The fourth-order valence-electron chi connectivity index (χ4n) is 3.63. The van der Waals surface area contributed by atoms with Gasteiger partial charge in [-0.2, -0.15) is 0 Å². The van der Waals surface area contributed by atoms with Crippen LogP contribution in [0.4, 0.5) is 9.18 Å². The Labute approximate surface area is 164 Å². The van der Waals surface area contributed by atoms with Crippen LogP contribution in [0.1, 0.15) is 38.1 Å². The molecule has 2 aromatic rings. The molecule has 3 rings (SSSR count). The Balaban J connectivity index is 1.89. The zero-order chi connectivity index (χ0) is 20.3. The molecule has 1 aliphatic rings. The maximum Gasteiger partial charge on any atom is 0.318 e. The largest absolute Gasteiger partial charge is 0.348 e. The molecule has 3 amide bonds. The van der Waals surface area contributed by atoms with Crippen LogP contribution in [0.2, 0.25) is 0 Å². The van der Waals surface area contributed by atoms with Crippen LogP contribution in [0, 0.1) is 5.82 Å². The molecule has 0 spiro atoms. The zero-order valence-corrected chi connectivity index (χ0v) is 16.6. The van der Waals surface area contributed by atoms with E-state index >= 15 is 0 Å². The van der Waals surface area contributed by atoms with E-state index in [0.29, 0.717) is 19.6 Å². The summed E-state index contributed by atoms with van der Waals surface area (Å²) >= 11 is 0. The minimum Gasteiger partial charge on any atom is -0.348 e. The molecule has 6 nitrogen and oxygen atoms in total. The smallest absolute Gasteiger partial charge is 0.318 e. The van der Waals surface area contributed by atoms with Crippen molar-refractivity contribution in [1.82, 2.24) is 19.7 Å². The van der Waals surface area contributed by atoms with E-state index < -0.39 is 0 Å². The average molecular weight is 386 g/mol. The lowest BCUT2D eigenvalue weighted by atomic mass is 9.99. The molecule has 1 unspecified atom stereocenters. The Hall–Kier alpha value is -2.83. The molecule has 7 heteroatoms. The fraction of sp³-hybridized carbons (Fsp3) is 0.429. The third-order valence-electron chi connectivity index (χ3n) is 5.06. The van der Waals surface area contributed by atoms with Crippen molar-refractivity contribution in [2.24, 2.45) is 0 Å². The molecule has 0 radical (unpaired) electrons. The Morgan fingerprint density at radius 3 is 2.57 bits per heavy atom. The summed E-state index contributed by atoms with van der Waals surface area (Å²) in [5.41, 5.74) is 1.84. The molecule has 1 aromatic carbocycles. The number of aromatic nitrogens is 1. The molecule has 1 N–H and O–H groups in total. The lowest BCUT2D eigenvalue weighted by Crippen LogP contribution is -2.51. The van der Waals surface area contributed by atoms with Gasteiger partial charge in [0, 0.05) is 37.6 Å². The highest BCUT2D eigenvalue weighted by molar-refractivity contribution is 5.85. The summed E-state index contributed by atoms with van der Waals surface area (Å²) < 4.78 is 15.5. The second kappa shape index (κ2) is 8.46. The van der Waals surface area contributed by atoms with E-state index in [1.54, 1.807) is 21.9 Å². The number of rotatable bonds is 5. The van der Waals surface area contributed by atoms with Crippen molar-refractivity contribution in [3.8, 4) is 0 Å². The van der Waals surface area contributed by atoms with Crippen molar-refractivity contribution in [2.75, 3.05) is 19.6 Å². The summed E-state index contributed by atoms with van der Waals surface area (Å²) in [4.78, 5) is 28.9. The predicted octanol–water partition coefficient (Wildman–Crippen LogP) is 3.00. The van der Waals surface area contributed by atoms with Crippen LogP contribution in [0.5, 0.6) is 0 Å². The number of urea groups is 1. The summed E-state index contributed by atoms with van der Waals surface area (Å²) in [6.07, 6.45) is 1.99.